The predicted octanol–water partition coefficient (Wildman–Crippen LogP) is 9.16. The van der Waals surface area contributed by atoms with Crippen LogP contribution in [0.1, 0.15) is 115 Å². The zero-order valence-electron chi connectivity index (χ0n) is 21.6. The van der Waals surface area contributed by atoms with Crippen LogP contribution in [0.5, 0.6) is 5.75 Å². The van der Waals surface area contributed by atoms with E-state index < -0.39 is 7.60 Å². The first-order valence-corrected chi connectivity index (χ1v) is 15.3. The van der Waals surface area contributed by atoms with E-state index in [0.717, 1.165) is 12.8 Å². The minimum atomic E-state index is -3.89. The molecule has 0 aliphatic heterocycles. The molecule has 0 radical (unpaired) electrons. The summed E-state index contributed by atoms with van der Waals surface area (Å²) in [5.74, 6) is 0.446. The quantitative estimate of drug-likeness (QED) is 0.159. The highest BCUT2D eigenvalue weighted by Crippen LogP contribution is 2.41. The van der Waals surface area contributed by atoms with E-state index >= 15 is 0 Å². The van der Waals surface area contributed by atoms with Gasteiger partial charge in [0.2, 0.25) is 0 Å². The van der Waals surface area contributed by atoms with E-state index in [-0.39, 0.29) is 0 Å². The Morgan fingerprint density at radius 1 is 0.588 bits per heavy atom. The van der Waals surface area contributed by atoms with E-state index in [0.29, 0.717) is 11.1 Å². The van der Waals surface area contributed by atoms with Crippen molar-refractivity contribution in [2.24, 2.45) is 0 Å². The maximum Gasteiger partial charge on any atom is 0.408 e. The topological polar surface area (TPSA) is 46.5 Å². The largest absolute Gasteiger partial charge is 0.421 e. The van der Waals surface area contributed by atoms with E-state index in [4.69, 9.17) is 4.52 Å². The Hall–Kier alpha value is -1.57. The predicted molar refractivity (Wildman–Crippen MR) is 146 cm³/mol. The fraction of sp³-hybridized carbons (Fsp3) is 0.600. The van der Waals surface area contributed by atoms with Crippen molar-refractivity contribution < 1.29 is 14.0 Å². The zero-order valence-corrected chi connectivity index (χ0v) is 22.5. The van der Waals surface area contributed by atoms with Gasteiger partial charge < -0.3 is 9.42 Å². The second-order valence-corrected chi connectivity index (χ2v) is 11.4. The normalized spacial score (nSPS) is 13.0. The van der Waals surface area contributed by atoms with Gasteiger partial charge in [-0.2, -0.15) is 0 Å². The molecule has 0 saturated carbocycles. The van der Waals surface area contributed by atoms with Crippen LogP contribution in [0.15, 0.2) is 48.5 Å². The summed E-state index contributed by atoms with van der Waals surface area (Å²) in [7, 11) is -3.89. The molecule has 4 heteroatoms. The summed E-state index contributed by atoms with van der Waals surface area (Å²) in [6.45, 7) is 4.49. The first-order chi connectivity index (χ1) is 16.5. The molecule has 1 unspecified atom stereocenters. The zero-order chi connectivity index (χ0) is 24.5. The Balaban J connectivity index is 1.72. The Morgan fingerprint density at radius 3 is 1.41 bits per heavy atom. The molecule has 0 aliphatic carbocycles. The Kier molecular flexibility index (Phi) is 14.3. The highest BCUT2D eigenvalue weighted by atomic mass is 31.2. The second kappa shape index (κ2) is 17.0. The SMILES string of the molecule is CCCCCCCCCc1ccc(OP(=O)(O)c2ccc(CCCCCCCCC)cc2)cc1. The Labute approximate surface area is 208 Å². The molecule has 0 aliphatic rings. The maximum absolute atomic E-state index is 12.8. The Bertz CT molecular complexity index is 814. The first kappa shape index (κ1) is 28.7. The van der Waals surface area contributed by atoms with Crippen LogP contribution in [-0.2, 0) is 17.4 Å². The standard InChI is InChI=1S/C30H47O3P/c1-3-5-7-9-11-13-15-17-27-19-23-29(24-20-27)33-34(31,32)30-25-21-28(22-26-30)18-16-14-12-10-8-6-4-2/h19-26H,3-18H2,1-2H3,(H,31,32). The average Bonchev–Trinajstić information content (AvgIpc) is 2.84. The van der Waals surface area contributed by atoms with Gasteiger partial charge in [-0.05, 0) is 61.1 Å². The lowest BCUT2D eigenvalue weighted by atomic mass is 10.0. The molecule has 34 heavy (non-hydrogen) atoms. The van der Waals surface area contributed by atoms with Crippen LogP contribution in [0, 0.1) is 0 Å². The molecule has 0 spiro atoms. The highest BCUT2D eigenvalue weighted by Gasteiger charge is 2.24. The molecule has 3 nitrogen and oxygen atoms in total. The van der Waals surface area contributed by atoms with Crippen LogP contribution < -0.4 is 9.83 Å². The number of aryl methyl sites for hydroxylation is 2. The van der Waals surface area contributed by atoms with Gasteiger partial charge in [0, 0.05) is 0 Å². The first-order valence-electron chi connectivity index (χ1n) is 13.8. The van der Waals surface area contributed by atoms with E-state index in [9.17, 15) is 9.46 Å². The highest BCUT2D eigenvalue weighted by molar-refractivity contribution is 7.61. The molecule has 0 bridgehead atoms. The lowest BCUT2D eigenvalue weighted by molar-refractivity contribution is 0.393. The number of rotatable bonds is 19. The number of hydrogen-bond acceptors (Lipinski definition) is 2. The van der Waals surface area contributed by atoms with Gasteiger partial charge >= 0.3 is 7.60 Å². The van der Waals surface area contributed by atoms with Gasteiger partial charge in [-0.3, -0.25) is 0 Å². The van der Waals surface area contributed by atoms with Crippen molar-refractivity contribution in [3.8, 4) is 5.75 Å². The van der Waals surface area contributed by atoms with Crippen molar-refractivity contribution in [3.05, 3.63) is 59.7 Å². The van der Waals surface area contributed by atoms with E-state index in [1.54, 1.807) is 12.1 Å². The summed E-state index contributed by atoms with van der Waals surface area (Å²) in [6.07, 6.45) is 20.2. The smallest absolute Gasteiger partial charge is 0.408 e. The molecule has 190 valence electrons. The van der Waals surface area contributed by atoms with Gasteiger partial charge in [0.05, 0.1) is 5.30 Å². The van der Waals surface area contributed by atoms with Gasteiger partial charge in [0.25, 0.3) is 0 Å². The summed E-state index contributed by atoms with van der Waals surface area (Å²) in [6, 6.07) is 15.1. The molecule has 2 rings (SSSR count). The molecule has 1 N–H and O–H groups in total. The molecule has 0 saturated heterocycles. The van der Waals surface area contributed by atoms with Crippen molar-refractivity contribution in [1.82, 2.24) is 0 Å². The van der Waals surface area contributed by atoms with E-state index in [2.05, 4.69) is 13.8 Å². The third-order valence-corrected chi connectivity index (χ3v) is 7.96. The molecule has 2 aromatic rings. The van der Waals surface area contributed by atoms with Gasteiger partial charge in [0.1, 0.15) is 5.75 Å². The van der Waals surface area contributed by atoms with Crippen molar-refractivity contribution in [3.63, 3.8) is 0 Å². The molecule has 0 fully saturated rings. The van der Waals surface area contributed by atoms with Crippen molar-refractivity contribution in [2.75, 3.05) is 0 Å². The van der Waals surface area contributed by atoms with Crippen LogP contribution in [0.25, 0.3) is 0 Å². The summed E-state index contributed by atoms with van der Waals surface area (Å²) in [4.78, 5) is 10.5. The minimum absolute atomic E-state index is 0.350. The Morgan fingerprint density at radius 2 is 0.971 bits per heavy atom. The van der Waals surface area contributed by atoms with Crippen LogP contribution in [0.3, 0.4) is 0 Å². The molecule has 0 heterocycles. The molecule has 1 atom stereocenters. The fourth-order valence-electron chi connectivity index (χ4n) is 4.34. The molecule has 2 aromatic carbocycles. The number of hydrogen-bond donors (Lipinski definition) is 1. The summed E-state index contributed by atoms with van der Waals surface area (Å²) < 4.78 is 18.3. The van der Waals surface area contributed by atoms with Crippen LogP contribution >= 0.6 is 7.60 Å². The van der Waals surface area contributed by atoms with E-state index in [1.807, 2.05) is 36.4 Å². The molecule has 0 aromatic heterocycles. The third-order valence-electron chi connectivity index (χ3n) is 6.55. The van der Waals surface area contributed by atoms with Crippen molar-refractivity contribution >= 4 is 12.9 Å². The number of benzene rings is 2. The lowest BCUT2D eigenvalue weighted by Crippen LogP contribution is -2.09. The maximum atomic E-state index is 12.8. The van der Waals surface area contributed by atoms with Gasteiger partial charge in [0.15, 0.2) is 0 Å². The van der Waals surface area contributed by atoms with Gasteiger partial charge in [-0.25, -0.2) is 4.57 Å². The van der Waals surface area contributed by atoms with Crippen LogP contribution in [0.2, 0.25) is 0 Å². The fourth-order valence-corrected chi connectivity index (χ4v) is 5.37. The van der Waals surface area contributed by atoms with Gasteiger partial charge in [-0.15, -0.1) is 0 Å². The van der Waals surface area contributed by atoms with Crippen molar-refractivity contribution in [2.45, 2.75) is 117 Å². The molecular weight excluding hydrogens is 439 g/mol. The van der Waals surface area contributed by atoms with Gasteiger partial charge in [-0.1, -0.05) is 115 Å². The molecular formula is C30H47O3P. The second-order valence-electron chi connectivity index (χ2n) is 9.66. The molecule has 0 amide bonds. The third kappa shape index (κ3) is 11.7. The average molecular weight is 487 g/mol. The van der Waals surface area contributed by atoms with Crippen LogP contribution in [0.4, 0.5) is 0 Å². The van der Waals surface area contributed by atoms with Crippen molar-refractivity contribution in [1.29, 1.82) is 0 Å². The lowest BCUT2D eigenvalue weighted by Gasteiger charge is -2.14. The summed E-state index contributed by atoms with van der Waals surface area (Å²) >= 11 is 0. The van der Waals surface area contributed by atoms with Crippen LogP contribution in [-0.4, -0.2) is 4.89 Å². The summed E-state index contributed by atoms with van der Waals surface area (Å²) in [5, 5.41) is 0.350. The number of unbranched alkanes of at least 4 members (excludes halogenated alkanes) is 12. The summed E-state index contributed by atoms with van der Waals surface area (Å²) in [5.41, 5.74) is 2.47. The monoisotopic (exact) mass is 486 g/mol. The van der Waals surface area contributed by atoms with E-state index in [1.165, 1.54) is 101 Å². The minimum Gasteiger partial charge on any atom is -0.421 e.